The van der Waals surface area contributed by atoms with Gasteiger partial charge in [0.05, 0.1) is 18.7 Å². The lowest BCUT2D eigenvalue weighted by Gasteiger charge is -2.25. The molecular formula is C22H23N5O. The molecule has 0 unspecified atom stereocenters. The molecule has 1 fully saturated rings. The number of morpholine rings is 1. The van der Waals surface area contributed by atoms with Crippen molar-refractivity contribution in [3.8, 4) is 11.3 Å². The molecule has 0 atom stereocenters. The normalized spacial score (nSPS) is 15.9. The monoisotopic (exact) mass is 373 g/mol. The minimum atomic E-state index is 0.750. The minimum absolute atomic E-state index is 0.750. The molecule has 6 heteroatoms. The summed E-state index contributed by atoms with van der Waals surface area (Å²) >= 11 is 0. The van der Waals surface area contributed by atoms with Crippen molar-refractivity contribution in [3.63, 3.8) is 0 Å². The lowest BCUT2D eigenvalue weighted by atomic mass is 10.1. The highest BCUT2D eigenvalue weighted by atomic mass is 16.5. The summed E-state index contributed by atoms with van der Waals surface area (Å²) in [4.78, 5) is 18.1. The van der Waals surface area contributed by atoms with Crippen molar-refractivity contribution in [3.05, 3.63) is 54.0 Å². The Morgan fingerprint density at radius 1 is 1.14 bits per heavy atom. The number of aryl methyl sites for hydroxylation is 1. The molecule has 0 bridgehead atoms. The van der Waals surface area contributed by atoms with Gasteiger partial charge in [0.25, 0.3) is 0 Å². The molecule has 0 amide bonds. The summed E-state index contributed by atoms with van der Waals surface area (Å²) in [6.07, 6.45) is 6.23. The number of H-pyrrole nitrogens is 2. The number of nitrogens with zero attached hydrogens (tertiary/aromatic N) is 3. The number of rotatable bonds is 4. The molecule has 1 aliphatic rings. The van der Waals surface area contributed by atoms with E-state index in [0.29, 0.717) is 0 Å². The van der Waals surface area contributed by atoms with Crippen LogP contribution in [0.25, 0.3) is 39.4 Å². The van der Waals surface area contributed by atoms with Crippen LogP contribution in [0.5, 0.6) is 0 Å². The number of aromatic nitrogens is 4. The topological polar surface area (TPSA) is 69.8 Å². The zero-order chi connectivity index (χ0) is 18.9. The second kappa shape index (κ2) is 7.22. The minimum Gasteiger partial charge on any atom is -0.379 e. The van der Waals surface area contributed by atoms with Gasteiger partial charge in [-0.3, -0.25) is 4.90 Å². The van der Waals surface area contributed by atoms with Crippen LogP contribution in [0.2, 0.25) is 0 Å². The van der Waals surface area contributed by atoms with E-state index in [9.17, 15) is 0 Å². The van der Waals surface area contributed by atoms with Crippen LogP contribution in [0.15, 0.2) is 42.6 Å². The van der Waals surface area contributed by atoms with Crippen molar-refractivity contribution in [2.75, 3.05) is 32.8 Å². The van der Waals surface area contributed by atoms with Crippen molar-refractivity contribution in [1.29, 1.82) is 0 Å². The largest absolute Gasteiger partial charge is 0.379 e. The zero-order valence-electron chi connectivity index (χ0n) is 15.9. The van der Waals surface area contributed by atoms with Crippen molar-refractivity contribution < 1.29 is 4.74 Å². The van der Waals surface area contributed by atoms with Crippen LogP contribution < -0.4 is 0 Å². The number of hydrogen-bond acceptors (Lipinski definition) is 4. The van der Waals surface area contributed by atoms with Crippen molar-refractivity contribution in [1.82, 2.24) is 24.8 Å². The zero-order valence-corrected chi connectivity index (χ0v) is 15.9. The predicted octanol–water partition coefficient (Wildman–Crippen LogP) is 3.76. The molecule has 1 saturated heterocycles. The number of aromatic amines is 2. The Balaban J connectivity index is 1.42. The Kier molecular flexibility index (Phi) is 4.43. The Bertz CT molecular complexity index is 1150. The van der Waals surface area contributed by atoms with Crippen molar-refractivity contribution >= 4 is 28.1 Å². The summed E-state index contributed by atoms with van der Waals surface area (Å²) in [6.45, 7) is 6.61. The van der Waals surface area contributed by atoms with Crippen molar-refractivity contribution in [2.45, 2.75) is 6.92 Å². The molecule has 0 spiro atoms. The van der Waals surface area contributed by atoms with E-state index in [2.05, 4.69) is 61.3 Å². The van der Waals surface area contributed by atoms with E-state index in [0.717, 1.165) is 66.6 Å². The molecule has 0 radical (unpaired) electrons. The summed E-state index contributed by atoms with van der Waals surface area (Å²) in [5.41, 5.74) is 6.21. The van der Waals surface area contributed by atoms with Crippen LogP contribution in [0, 0.1) is 6.92 Å². The summed E-state index contributed by atoms with van der Waals surface area (Å²) in [5, 5.41) is 1.20. The van der Waals surface area contributed by atoms with E-state index in [4.69, 9.17) is 4.74 Å². The van der Waals surface area contributed by atoms with E-state index < -0.39 is 0 Å². The molecule has 2 N–H and O–H groups in total. The first-order valence-corrected chi connectivity index (χ1v) is 9.67. The average Bonchev–Trinajstić information content (AvgIpc) is 3.30. The van der Waals surface area contributed by atoms with Gasteiger partial charge in [-0.25, -0.2) is 9.97 Å². The van der Waals surface area contributed by atoms with E-state index >= 15 is 0 Å². The third-order valence-electron chi connectivity index (χ3n) is 5.22. The quantitative estimate of drug-likeness (QED) is 0.571. The van der Waals surface area contributed by atoms with Crippen LogP contribution in [-0.4, -0.2) is 57.7 Å². The Hall–Kier alpha value is -2.96. The Morgan fingerprint density at radius 2 is 2.04 bits per heavy atom. The van der Waals surface area contributed by atoms with Crippen LogP contribution in [0.1, 0.15) is 11.4 Å². The standard InChI is InChI=1S/C22H23N5O/c1-15-24-21-18(6-7-23-22(21)25-15)20-14-17-5-4-16(13-19(17)26-20)3-2-8-27-9-11-28-12-10-27/h2-7,13-14,26H,8-12H2,1H3,(H,23,24,25). The Morgan fingerprint density at radius 3 is 2.93 bits per heavy atom. The van der Waals surface area contributed by atoms with Gasteiger partial charge >= 0.3 is 0 Å². The fourth-order valence-corrected chi connectivity index (χ4v) is 3.77. The first-order valence-electron chi connectivity index (χ1n) is 9.67. The van der Waals surface area contributed by atoms with Gasteiger partial charge in [0.15, 0.2) is 5.65 Å². The molecule has 4 heterocycles. The van der Waals surface area contributed by atoms with Crippen LogP contribution in [0.3, 0.4) is 0 Å². The number of nitrogens with one attached hydrogen (secondary N) is 2. The first kappa shape index (κ1) is 17.2. The second-order valence-corrected chi connectivity index (χ2v) is 7.22. The van der Waals surface area contributed by atoms with Gasteiger partial charge in [-0.05, 0) is 30.7 Å². The fourth-order valence-electron chi connectivity index (χ4n) is 3.77. The molecule has 1 aliphatic heterocycles. The molecule has 0 aliphatic carbocycles. The lowest BCUT2D eigenvalue weighted by molar-refractivity contribution is 0.0435. The molecule has 1 aromatic carbocycles. The summed E-state index contributed by atoms with van der Waals surface area (Å²) in [7, 11) is 0. The number of hydrogen-bond donors (Lipinski definition) is 2. The van der Waals surface area contributed by atoms with E-state index in [-0.39, 0.29) is 0 Å². The van der Waals surface area contributed by atoms with Gasteiger partial charge in [-0.1, -0.05) is 24.3 Å². The SMILES string of the molecule is Cc1nc2nccc(-c3cc4ccc(C=CCN5CCOCC5)cc4[nH]3)c2[nH]1. The highest BCUT2D eigenvalue weighted by molar-refractivity contribution is 5.94. The van der Waals surface area contributed by atoms with Gasteiger partial charge in [-0.15, -0.1) is 0 Å². The summed E-state index contributed by atoms with van der Waals surface area (Å²) < 4.78 is 5.40. The predicted molar refractivity (Wildman–Crippen MR) is 112 cm³/mol. The van der Waals surface area contributed by atoms with Gasteiger partial charge in [0, 0.05) is 48.0 Å². The van der Waals surface area contributed by atoms with Gasteiger partial charge in [0.2, 0.25) is 0 Å². The van der Waals surface area contributed by atoms with Gasteiger partial charge in [-0.2, -0.15) is 0 Å². The number of pyridine rings is 1. The molecule has 28 heavy (non-hydrogen) atoms. The van der Waals surface area contributed by atoms with Gasteiger partial charge < -0.3 is 14.7 Å². The second-order valence-electron chi connectivity index (χ2n) is 7.22. The molecule has 142 valence electrons. The Labute approximate surface area is 163 Å². The summed E-state index contributed by atoms with van der Waals surface area (Å²) in [5.74, 6) is 0.874. The van der Waals surface area contributed by atoms with Crippen molar-refractivity contribution in [2.24, 2.45) is 0 Å². The average molecular weight is 373 g/mol. The molecule has 5 rings (SSSR count). The number of fused-ring (bicyclic) bond motifs is 2. The number of imidazole rings is 1. The first-order chi connectivity index (χ1) is 13.8. The van der Waals surface area contributed by atoms with Crippen LogP contribution in [-0.2, 0) is 4.74 Å². The third-order valence-corrected chi connectivity index (χ3v) is 5.22. The number of benzene rings is 1. The molecule has 0 saturated carbocycles. The third kappa shape index (κ3) is 3.32. The molecule has 4 aromatic rings. The van der Waals surface area contributed by atoms with E-state index in [1.54, 1.807) is 0 Å². The van der Waals surface area contributed by atoms with Crippen LogP contribution >= 0.6 is 0 Å². The maximum atomic E-state index is 5.40. The maximum Gasteiger partial charge on any atom is 0.178 e. The molecule has 6 nitrogen and oxygen atoms in total. The number of ether oxygens (including phenoxy) is 1. The van der Waals surface area contributed by atoms with Crippen LogP contribution in [0.4, 0.5) is 0 Å². The molecular weight excluding hydrogens is 350 g/mol. The highest BCUT2D eigenvalue weighted by Gasteiger charge is 2.11. The molecule has 3 aromatic heterocycles. The smallest absolute Gasteiger partial charge is 0.178 e. The maximum absolute atomic E-state index is 5.40. The van der Waals surface area contributed by atoms with Gasteiger partial charge in [0.1, 0.15) is 5.82 Å². The lowest BCUT2D eigenvalue weighted by Crippen LogP contribution is -2.36. The fraction of sp³-hybridized carbons (Fsp3) is 0.273. The van der Waals surface area contributed by atoms with E-state index in [1.165, 1.54) is 10.9 Å². The van der Waals surface area contributed by atoms with E-state index in [1.807, 2.05) is 19.2 Å². The highest BCUT2D eigenvalue weighted by Crippen LogP contribution is 2.29. The summed E-state index contributed by atoms with van der Waals surface area (Å²) in [6, 6.07) is 10.7.